The van der Waals surface area contributed by atoms with Crippen molar-refractivity contribution in [2.75, 3.05) is 5.32 Å². The zero-order valence-corrected chi connectivity index (χ0v) is 15.2. The molecule has 6 nitrogen and oxygen atoms in total. The van der Waals surface area contributed by atoms with Gasteiger partial charge in [0, 0.05) is 19.2 Å². The van der Waals surface area contributed by atoms with Crippen molar-refractivity contribution in [2.45, 2.75) is 26.3 Å². The lowest BCUT2D eigenvalue weighted by atomic mass is 10.2. The number of hydrogen-bond donors (Lipinski definition) is 1. The molecular weight excluding hydrogens is 338 g/mol. The minimum Gasteiger partial charge on any atom is -0.310 e. The molecule has 0 aliphatic heterocycles. The SMILES string of the molecule is CCn1c(NC(=O)CCc2cnn(-c3ccccc3)c2)nc2ccccc21. The Morgan fingerprint density at radius 3 is 2.67 bits per heavy atom. The fraction of sp³-hybridized carbons (Fsp3) is 0.190. The van der Waals surface area contributed by atoms with E-state index in [-0.39, 0.29) is 5.91 Å². The maximum Gasteiger partial charge on any atom is 0.227 e. The molecule has 2 aromatic carbocycles. The number of imidazole rings is 1. The molecule has 0 spiro atoms. The molecule has 0 saturated heterocycles. The van der Waals surface area contributed by atoms with Crippen LogP contribution in [0.25, 0.3) is 16.7 Å². The van der Waals surface area contributed by atoms with Crippen LogP contribution >= 0.6 is 0 Å². The van der Waals surface area contributed by atoms with E-state index in [2.05, 4.69) is 15.4 Å². The van der Waals surface area contributed by atoms with Crippen molar-refractivity contribution in [2.24, 2.45) is 0 Å². The normalized spacial score (nSPS) is 11.0. The molecule has 0 atom stereocenters. The zero-order chi connectivity index (χ0) is 18.6. The number of benzene rings is 2. The second kappa shape index (κ2) is 7.45. The number of aryl methyl sites for hydroxylation is 2. The van der Waals surface area contributed by atoms with E-state index in [0.29, 0.717) is 18.8 Å². The number of aromatic nitrogens is 4. The third kappa shape index (κ3) is 3.60. The van der Waals surface area contributed by atoms with Crippen LogP contribution in [0.2, 0.25) is 0 Å². The number of amides is 1. The highest BCUT2D eigenvalue weighted by atomic mass is 16.1. The largest absolute Gasteiger partial charge is 0.310 e. The van der Waals surface area contributed by atoms with Gasteiger partial charge >= 0.3 is 0 Å². The summed E-state index contributed by atoms with van der Waals surface area (Å²) in [5, 5.41) is 7.32. The lowest BCUT2D eigenvalue weighted by molar-refractivity contribution is -0.116. The number of nitrogens with zero attached hydrogens (tertiary/aromatic N) is 4. The van der Waals surface area contributed by atoms with E-state index in [1.165, 1.54) is 0 Å². The summed E-state index contributed by atoms with van der Waals surface area (Å²) < 4.78 is 3.84. The molecular formula is C21H21N5O. The Morgan fingerprint density at radius 1 is 1.07 bits per heavy atom. The molecule has 0 saturated carbocycles. The van der Waals surface area contributed by atoms with E-state index < -0.39 is 0 Å². The maximum absolute atomic E-state index is 12.4. The average molecular weight is 359 g/mol. The monoisotopic (exact) mass is 359 g/mol. The van der Waals surface area contributed by atoms with Crippen molar-refractivity contribution in [1.82, 2.24) is 19.3 Å². The third-order valence-electron chi connectivity index (χ3n) is 4.52. The molecule has 1 N–H and O–H groups in total. The Morgan fingerprint density at radius 2 is 1.85 bits per heavy atom. The van der Waals surface area contributed by atoms with Gasteiger partial charge in [0.15, 0.2) is 0 Å². The van der Waals surface area contributed by atoms with Crippen LogP contribution in [0.15, 0.2) is 67.0 Å². The minimum absolute atomic E-state index is 0.0486. The molecule has 0 bridgehead atoms. The first-order valence-corrected chi connectivity index (χ1v) is 9.08. The summed E-state index contributed by atoms with van der Waals surface area (Å²) in [6, 6.07) is 17.8. The molecule has 2 aromatic heterocycles. The Balaban J connectivity index is 1.41. The Bertz CT molecular complexity index is 1060. The van der Waals surface area contributed by atoms with Crippen LogP contribution in [0.4, 0.5) is 5.95 Å². The number of para-hydroxylation sites is 3. The van der Waals surface area contributed by atoms with Gasteiger partial charge in [0.25, 0.3) is 0 Å². The van der Waals surface area contributed by atoms with E-state index >= 15 is 0 Å². The number of carbonyl (C=O) groups is 1. The molecule has 4 rings (SSSR count). The minimum atomic E-state index is -0.0486. The van der Waals surface area contributed by atoms with Crippen molar-refractivity contribution in [3.8, 4) is 5.69 Å². The number of rotatable bonds is 6. The number of nitrogens with one attached hydrogen (secondary N) is 1. The van der Waals surface area contributed by atoms with Crippen molar-refractivity contribution >= 4 is 22.9 Å². The first-order valence-electron chi connectivity index (χ1n) is 9.08. The number of fused-ring (bicyclic) bond motifs is 1. The third-order valence-corrected chi connectivity index (χ3v) is 4.52. The summed E-state index contributed by atoms with van der Waals surface area (Å²) in [6.07, 6.45) is 4.78. The van der Waals surface area contributed by atoms with Gasteiger partial charge in [-0.25, -0.2) is 9.67 Å². The summed E-state index contributed by atoms with van der Waals surface area (Å²) in [4.78, 5) is 17.0. The van der Waals surface area contributed by atoms with E-state index in [1.807, 2.05) is 83.2 Å². The molecule has 0 radical (unpaired) electrons. The number of carbonyl (C=O) groups excluding carboxylic acids is 1. The zero-order valence-electron chi connectivity index (χ0n) is 15.2. The second-order valence-electron chi connectivity index (χ2n) is 6.35. The second-order valence-corrected chi connectivity index (χ2v) is 6.35. The summed E-state index contributed by atoms with van der Waals surface area (Å²) in [6.45, 7) is 2.79. The highest BCUT2D eigenvalue weighted by molar-refractivity contribution is 5.91. The van der Waals surface area contributed by atoms with Crippen LogP contribution in [-0.2, 0) is 17.8 Å². The summed E-state index contributed by atoms with van der Waals surface area (Å²) in [5.41, 5.74) is 3.95. The van der Waals surface area contributed by atoms with E-state index in [9.17, 15) is 4.79 Å². The number of anilines is 1. The van der Waals surface area contributed by atoms with Gasteiger partial charge < -0.3 is 4.57 Å². The molecule has 0 unspecified atom stereocenters. The number of hydrogen-bond acceptors (Lipinski definition) is 3. The van der Waals surface area contributed by atoms with Gasteiger partial charge in [0.1, 0.15) is 0 Å². The molecule has 136 valence electrons. The van der Waals surface area contributed by atoms with Gasteiger partial charge in [-0.2, -0.15) is 5.10 Å². The van der Waals surface area contributed by atoms with Crippen LogP contribution in [0.3, 0.4) is 0 Å². The maximum atomic E-state index is 12.4. The van der Waals surface area contributed by atoms with Gasteiger partial charge in [-0.05, 0) is 43.2 Å². The predicted molar refractivity (Wildman–Crippen MR) is 106 cm³/mol. The summed E-state index contributed by atoms with van der Waals surface area (Å²) in [5.74, 6) is 0.552. The summed E-state index contributed by atoms with van der Waals surface area (Å²) in [7, 11) is 0. The van der Waals surface area contributed by atoms with E-state index in [4.69, 9.17) is 0 Å². The highest BCUT2D eigenvalue weighted by Crippen LogP contribution is 2.19. The van der Waals surface area contributed by atoms with Gasteiger partial charge in [-0.15, -0.1) is 0 Å². The molecule has 6 heteroatoms. The van der Waals surface area contributed by atoms with Crippen molar-refractivity contribution in [1.29, 1.82) is 0 Å². The summed E-state index contributed by atoms with van der Waals surface area (Å²) >= 11 is 0. The molecule has 0 aliphatic rings. The fourth-order valence-electron chi connectivity index (χ4n) is 3.15. The fourth-order valence-corrected chi connectivity index (χ4v) is 3.15. The molecule has 0 aliphatic carbocycles. The van der Waals surface area contributed by atoms with Crippen molar-refractivity contribution in [3.63, 3.8) is 0 Å². The molecule has 1 amide bonds. The quantitative estimate of drug-likeness (QED) is 0.569. The molecule has 4 aromatic rings. The van der Waals surface area contributed by atoms with Crippen LogP contribution in [0, 0.1) is 0 Å². The molecule has 0 fully saturated rings. The van der Waals surface area contributed by atoms with Gasteiger partial charge in [-0.3, -0.25) is 10.1 Å². The Labute approximate surface area is 157 Å². The molecule has 27 heavy (non-hydrogen) atoms. The average Bonchev–Trinajstić information content (AvgIpc) is 3.31. The van der Waals surface area contributed by atoms with Crippen LogP contribution in [0.5, 0.6) is 0 Å². The van der Waals surface area contributed by atoms with Crippen LogP contribution in [0.1, 0.15) is 18.9 Å². The smallest absolute Gasteiger partial charge is 0.227 e. The lowest BCUT2D eigenvalue weighted by Gasteiger charge is -2.07. The van der Waals surface area contributed by atoms with Gasteiger partial charge in [-0.1, -0.05) is 30.3 Å². The van der Waals surface area contributed by atoms with E-state index in [0.717, 1.165) is 28.8 Å². The standard InChI is InChI=1S/C21H21N5O/c1-2-25-19-11-7-6-10-18(19)23-21(25)24-20(27)13-12-16-14-22-26(15-16)17-8-4-3-5-9-17/h3-11,14-15H,2,12-13H2,1H3,(H,23,24,27). The Kier molecular flexibility index (Phi) is 4.70. The van der Waals surface area contributed by atoms with Crippen molar-refractivity contribution in [3.05, 3.63) is 72.6 Å². The Hall–Kier alpha value is -3.41. The predicted octanol–water partition coefficient (Wildman–Crippen LogP) is 3.81. The lowest BCUT2D eigenvalue weighted by Crippen LogP contribution is -2.16. The van der Waals surface area contributed by atoms with Gasteiger partial charge in [0.2, 0.25) is 11.9 Å². The van der Waals surface area contributed by atoms with Gasteiger partial charge in [0.05, 0.1) is 22.9 Å². The first kappa shape index (κ1) is 17.0. The van der Waals surface area contributed by atoms with E-state index in [1.54, 1.807) is 0 Å². The van der Waals surface area contributed by atoms with Crippen molar-refractivity contribution < 1.29 is 4.79 Å². The highest BCUT2D eigenvalue weighted by Gasteiger charge is 2.12. The first-order chi connectivity index (χ1) is 13.2. The topological polar surface area (TPSA) is 64.7 Å². The van der Waals surface area contributed by atoms with Crippen LogP contribution in [-0.4, -0.2) is 25.2 Å². The molecule has 2 heterocycles. The van der Waals surface area contributed by atoms with Crippen LogP contribution < -0.4 is 5.32 Å².